The molecule has 1 atom stereocenters. The Hall–Kier alpha value is -1.92. The van der Waals surface area contributed by atoms with Crippen LogP contribution < -0.4 is 10.1 Å². The molecule has 1 aromatic carbocycles. The lowest BCUT2D eigenvalue weighted by Gasteiger charge is -2.22. The normalized spacial score (nSPS) is 13.3. The number of nitrogens with one attached hydrogen (secondary N) is 1. The minimum absolute atomic E-state index is 0.360. The molecule has 1 amide bonds. The van der Waals surface area contributed by atoms with Crippen LogP contribution in [0.2, 0.25) is 0 Å². The second-order valence-electron chi connectivity index (χ2n) is 4.61. The van der Waals surface area contributed by atoms with Crippen molar-refractivity contribution in [1.82, 2.24) is 4.98 Å². The van der Waals surface area contributed by atoms with Gasteiger partial charge < -0.3 is 15.2 Å². The number of amides is 1. The minimum Gasteiger partial charge on any atom is -0.481 e. The number of rotatable bonds is 4. The Bertz CT molecular complexity index is 645. The fourth-order valence-electron chi connectivity index (χ4n) is 1.80. The Kier molecular flexibility index (Phi) is 4.59. The van der Waals surface area contributed by atoms with E-state index in [2.05, 4.69) is 26.2 Å². The number of pyridine rings is 1. The van der Waals surface area contributed by atoms with Gasteiger partial charge in [0.1, 0.15) is 4.60 Å². The molecule has 2 aromatic rings. The van der Waals surface area contributed by atoms with Crippen molar-refractivity contribution in [1.29, 1.82) is 0 Å². The SMILES string of the molecule is COc1cc(NC(=O)C(C)(O)c2ccccc2)cc(Br)n1. The molecule has 0 fully saturated rings. The third-order valence-corrected chi connectivity index (χ3v) is 3.42. The molecule has 0 spiro atoms. The van der Waals surface area contributed by atoms with Gasteiger partial charge in [-0.15, -0.1) is 0 Å². The maximum absolute atomic E-state index is 12.3. The molecule has 110 valence electrons. The number of carbonyl (C=O) groups excluding carboxylic acids is 1. The molecule has 0 bridgehead atoms. The maximum atomic E-state index is 12.3. The smallest absolute Gasteiger partial charge is 0.260 e. The van der Waals surface area contributed by atoms with Crippen molar-refractivity contribution >= 4 is 27.5 Å². The molecule has 2 N–H and O–H groups in total. The van der Waals surface area contributed by atoms with Gasteiger partial charge in [0.25, 0.3) is 5.91 Å². The molecule has 2 rings (SSSR count). The van der Waals surface area contributed by atoms with E-state index >= 15 is 0 Å². The van der Waals surface area contributed by atoms with Gasteiger partial charge >= 0.3 is 0 Å². The first kappa shape index (κ1) is 15.5. The average Bonchev–Trinajstić information content (AvgIpc) is 2.47. The van der Waals surface area contributed by atoms with E-state index in [-0.39, 0.29) is 0 Å². The van der Waals surface area contributed by atoms with E-state index in [1.54, 1.807) is 36.4 Å². The van der Waals surface area contributed by atoms with E-state index in [9.17, 15) is 9.90 Å². The monoisotopic (exact) mass is 350 g/mol. The summed E-state index contributed by atoms with van der Waals surface area (Å²) in [7, 11) is 1.49. The number of nitrogens with zero attached hydrogens (tertiary/aromatic N) is 1. The summed E-state index contributed by atoms with van der Waals surface area (Å²) in [6.45, 7) is 1.45. The fourth-order valence-corrected chi connectivity index (χ4v) is 2.22. The molecule has 1 heterocycles. The maximum Gasteiger partial charge on any atom is 0.260 e. The molecular formula is C15H15BrN2O3. The minimum atomic E-state index is -1.63. The summed E-state index contributed by atoms with van der Waals surface area (Å²) in [4.78, 5) is 16.4. The van der Waals surface area contributed by atoms with Crippen LogP contribution in [0.1, 0.15) is 12.5 Å². The molecule has 5 nitrogen and oxygen atoms in total. The van der Waals surface area contributed by atoms with E-state index in [4.69, 9.17) is 4.74 Å². The van der Waals surface area contributed by atoms with Crippen molar-refractivity contribution in [2.75, 3.05) is 12.4 Å². The lowest BCUT2D eigenvalue weighted by Crippen LogP contribution is -2.37. The zero-order valence-electron chi connectivity index (χ0n) is 11.6. The summed E-state index contributed by atoms with van der Waals surface area (Å²) in [5, 5.41) is 13.1. The first-order valence-corrected chi connectivity index (χ1v) is 7.03. The highest BCUT2D eigenvalue weighted by atomic mass is 79.9. The summed E-state index contributed by atoms with van der Waals surface area (Å²) < 4.78 is 5.56. The number of methoxy groups -OCH3 is 1. The molecule has 6 heteroatoms. The van der Waals surface area contributed by atoms with Gasteiger partial charge in [0.15, 0.2) is 5.60 Å². The molecular weight excluding hydrogens is 336 g/mol. The summed E-state index contributed by atoms with van der Waals surface area (Å²) >= 11 is 3.23. The second-order valence-corrected chi connectivity index (χ2v) is 5.43. The third kappa shape index (κ3) is 3.59. The zero-order valence-corrected chi connectivity index (χ0v) is 13.2. The van der Waals surface area contributed by atoms with Gasteiger partial charge in [-0.3, -0.25) is 4.79 Å². The van der Waals surface area contributed by atoms with Crippen molar-refractivity contribution in [3.63, 3.8) is 0 Å². The van der Waals surface area contributed by atoms with Crippen LogP contribution in [0.25, 0.3) is 0 Å². The second kappa shape index (κ2) is 6.24. The number of carbonyl (C=O) groups is 1. The Morgan fingerprint density at radius 2 is 2.00 bits per heavy atom. The number of ether oxygens (including phenoxy) is 1. The van der Waals surface area contributed by atoms with Crippen LogP contribution in [0.15, 0.2) is 47.1 Å². The molecule has 0 aliphatic rings. The molecule has 1 aromatic heterocycles. The van der Waals surface area contributed by atoms with Crippen LogP contribution in [-0.2, 0) is 10.4 Å². The van der Waals surface area contributed by atoms with E-state index in [1.807, 2.05) is 6.07 Å². The lowest BCUT2D eigenvalue weighted by molar-refractivity contribution is -0.133. The Morgan fingerprint density at radius 1 is 1.33 bits per heavy atom. The van der Waals surface area contributed by atoms with E-state index in [0.717, 1.165) is 0 Å². The summed E-state index contributed by atoms with van der Waals surface area (Å²) in [6.07, 6.45) is 0. The highest BCUT2D eigenvalue weighted by molar-refractivity contribution is 9.10. The third-order valence-electron chi connectivity index (χ3n) is 3.02. The largest absolute Gasteiger partial charge is 0.481 e. The number of hydrogen-bond donors (Lipinski definition) is 2. The number of halogens is 1. The van der Waals surface area contributed by atoms with Gasteiger partial charge in [-0.05, 0) is 34.5 Å². The predicted molar refractivity (Wildman–Crippen MR) is 83.1 cm³/mol. The van der Waals surface area contributed by atoms with Crippen LogP contribution in [0.4, 0.5) is 5.69 Å². The van der Waals surface area contributed by atoms with Crippen molar-refractivity contribution in [2.24, 2.45) is 0 Å². The number of aromatic nitrogens is 1. The highest BCUT2D eigenvalue weighted by Gasteiger charge is 2.32. The van der Waals surface area contributed by atoms with Gasteiger partial charge in [-0.25, -0.2) is 4.98 Å². The summed E-state index contributed by atoms with van der Waals surface area (Å²) in [5.74, 6) is -0.173. The molecule has 0 saturated heterocycles. The van der Waals surface area contributed by atoms with Crippen LogP contribution in [0, 0.1) is 0 Å². The Morgan fingerprint density at radius 3 is 2.62 bits per heavy atom. The summed E-state index contributed by atoms with van der Waals surface area (Å²) in [6, 6.07) is 11.9. The van der Waals surface area contributed by atoms with Crippen LogP contribution in [-0.4, -0.2) is 23.1 Å². The average molecular weight is 351 g/mol. The zero-order chi connectivity index (χ0) is 15.5. The molecule has 21 heavy (non-hydrogen) atoms. The fraction of sp³-hybridized carbons (Fsp3) is 0.200. The Balaban J connectivity index is 2.23. The van der Waals surface area contributed by atoms with Crippen molar-refractivity contribution in [3.05, 3.63) is 52.6 Å². The number of benzene rings is 1. The van der Waals surface area contributed by atoms with Crippen molar-refractivity contribution < 1.29 is 14.6 Å². The Labute approximate surface area is 131 Å². The summed E-state index contributed by atoms with van der Waals surface area (Å²) in [5.41, 5.74) is -0.637. The lowest BCUT2D eigenvalue weighted by atomic mass is 9.95. The predicted octanol–water partition coefficient (Wildman–Crippen LogP) is 2.70. The van der Waals surface area contributed by atoms with Crippen molar-refractivity contribution in [3.8, 4) is 5.88 Å². The van der Waals surface area contributed by atoms with Gasteiger partial charge in [-0.1, -0.05) is 30.3 Å². The number of anilines is 1. The van der Waals surface area contributed by atoms with Crippen molar-refractivity contribution in [2.45, 2.75) is 12.5 Å². The van der Waals surface area contributed by atoms with Gasteiger partial charge in [0, 0.05) is 11.8 Å². The van der Waals surface area contributed by atoms with Crippen LogP contribution in [0.5, 0.6) is 5.88 Å². The van der Waals surface area contributed by atoms with Crippen LogP contribution >= 0.6 is 15.9 Å². The molecule has 0 saturated carbocycles. The highest BCUT2D eigenvalue weighted by Crippen LogP contribution is 2.25. The van der Waals surface area contributed by atoms with Gasteiger partial charge in [0.05, 0.1) is 7.11 Å². The molecule has 0 aliphatic carbocycles. The topological polar surface area (TPSA) is 71.5 Å². The number of aliphatic hydroxyl groups is 1. The van der Waals surface area contributed by atoms with Gasteiger partial charge in [0.2, 0.25) is 5.88 Å². The first-order chi connectivity index (χ1) is 9.93. The molecule has 0 radical (unpaired) electrons. The van der Waals surface area contributed by atoms with E-state index < -0.39 is 11.5 Å². The van der Waals surface area contributed by atoms with Gasteiger partial charge in [-0.2, -0.15) is 0 Å². The molecule has 0 aliphatic heterocycles. The van der Waals surface area contributed by atoms with Crippen LogP contribution in [0.3, 0.4) is 0 Å². The number of hydrogen-bond acceptors (Lipinski definition) is 4. The standard InChI is InChI=1S/C15H15BrN2O3/c1-15(20,10-6-4-3-5-7-10)14(19)17-11-8-12(16)18-13(9-11)21-2/h3-9,20H,1-2H3,(H,17,18,19). The van der Waals surface area contributed by atoms with E-state index in [0.29, 0.717) is 21.7 Å². The van der Waals surface area contributed by atoms with E-state index in [1.165, 1.54) is 14.0 Å². The first-order valence-electron chi connectivity index (χ1n) is 6.24. The quantitative estimate of drug-likeness (QED) is 0.831. The molecule has 1 unspecified atom stereocenters.